The zero-order chi connectivity index (χ0) is 18.1. The van der Waals surface area contributed by atoms with Gasteiger partial charge in [-0.05, 0) is 48.7 Å². The number of aromatic nitrogens is 1. The van der Waals surface area contributed by atoms with Gasteiger partial charge in [-0.3, -0.25) is 9.59 Å². The van der Waals surface area contributed by atoms with Gasteiger partial charge in [0.05, 0.1) is 5.52 Å². The predicted molar refractivity (Wildman–Crippen MR) is 102 cm³/mol. The van der Waals surface area contributed by atoms with Crippen LogP contribution in [0.2, 0.25) is 0 Å². The number of fused-ring (bicyclic) bond motifs is 1. The van der Waals surface area contributed by atoms with Crippen molar-refractivity contribution in [3.05, 3.63) is 66.2 Å². The van der Waals surface area contributed by atoms with Crippen molar-refractivity contribution in [3.8, 4) is 0 Å². The molecule has 1 heterocycles. The van der Waals surface area contributed by atoms with Crippen molar-refractivity contribution in [1.82, 2.24) is 4.98 Å². The van der Waals surface area contributed by atoms with E-state index in [1.807, 2.05) is 30.3 Å². The first-order chi connectivity index (χ1) is 12.6. The molecule has 4 rings (SSSR count). The van der Waals surface area contributed by atoms with E-state index in [1.54, 1.807) is 30.3 Å². The number of benzene rings is 2. The lowest BCUT2D eigenvalue weighted by Crippen LogP contribution is -2.16. The smallest absolute Gasteiger partial charge is 0.256 e. The van der Waals surface area contributed by atoms with Crippen LogP contribution in [0.4, 0.5) is 11.5 Å². The monoisotopic (exact) mass is 345 g/mol. The van der Waals surface area contributed by atoms with E-state index in [2.05, 4.69) is 22.5 Å². The Balaban J connectivity index is 1.48. The summed E-state index contributed by atoms with van der Waals surface area (Å²) < 4.78 is 0. The zero-order valence-electron chi connectivity index (χ0n) is 14.4. The Labute approximate surface area is 151 Å². The largest absolute Gasteiger partial charge is 0.326 e. The van der Waals surface area contributed by atoms with Crippen LogP contribution in [0.5, 0.6) is 0 Å². The van der Waals surface area contributed by atoms with Crippen LogP contribution in [0.15, 0.2) is 60.7 Å². The first-order valence-electron chi connectivity index (χ1n) is 8.68. The van der Waals surface area contributed by atoms with Gasteiger partial charge in [-0.15, -0.1) is 0 Å². The van der Waals surface area contributed by atoms with Crippen LogP contribution in [-0.4, -0.2) is 16.8 Å². The SMILES string of the molecule is CC1CC1C(=O)Nc1cccc(C(=O)Nc2ccc3ccccc3n2)c1. The average molecular weight is 345 g/mol. The van der Waals surface area contributed by atoms with E-state index in [0.29, 0.717) is 23.0 Å². The topological polar surface area (TPSA) is 71.1 Å². The summed E-state index contributed by atoms with van der Waals surface area (Å²) >= 11 is 0. The summed E-state index contributed by atoms with van der Waals surface area (Å²) in [5, 5.41) is 6.71. The minimum atomic E-state index is -0.260. The minimum Gasteiger partial charge on any atom is -0.326 e. The molecule has 130 valence electrons. The van der Waals surface area contributed by atoms with Gasteiger partial charge in [0.2, 0.25) is 5.91 Å². The van der Waals surface area contributed by atoms with Crippen molar-refractivity contribution in [1.29, 1.82) is 0 Å². The van der Waals surface area contributed by atoms with Gasteiger partial charge in [0, 0.05) is 22.6 Å². The van der Waals surface area contributed by atoms with Crippen molar-refractivity contribution in [2.75, 3.05) is 10.6 Å². The summed E-state index contributed by atoms with van der Waals surface area (Å²) in [6.07, 6.45) is 0.930. The van der Waals surface area contributed by atoms with E-state index in [4.69, 9.17) is 0 Å². The first-order valence-corrected chi connectivity index (χ1v) is 8.68. The van der Waals surface area contributed by atoms with E-state index < -0.39 is 0 Å². The second-order valence-electron chi connectivity index (χ2n) is 6.73. The number of hydrogen-bond acceptors (Lipinski definition) is 3. The summed E-state index contributed by atoms with van der Waals surface area (Å²) in [5.41, 5.74) is 1.93. The fraction of sp³-hybridized carbons (Fsp3) is 0.190. The summed E-state index contributed by atoms with van der Waals surface area (Å²) in [7, 11) is 0. The maximum absolute atomic E-state index is 12.5. The lowest BCUT2D eigenvalue weighted by molar-refractivity contribution is -0.117. The van der Waals surface area contributed by atoms with Crippen LogP contribution >= 0.6 is 0 Å². The molecule has 5 nitrogen and oxygen atoms in total. The third-order valence-corrected chi connectivity index (χ3v) is 4.68. The van der Waals surface area contributed by atoms with E-state index in [1.165, 1.54) is 0 Å². The van der Waals surface area contributed by atoms with E-state index in [9.17, 15) is 9.59 Å². The normalized spacial score (nSPS) is 18.3. The highest BCUT2D eigenvalue weighted by Crippen LogP contribution is 2.38. The summed E-state index contributed by atoms with van der Waals surface area (Å²) in [5.74, 6) is 0.791. The molecule has 0 spiro atoms. The van der Waals surface area contributed by atoms with E-state index >= 15 is 0 Å². The molecule has 1 saturated carbocycles. The third-order valence-electron chi connectivity index (χ3n) is 4.68. The molecule has 0 radical (unpaired) electrons. The minimum absolute atomic E-state index is 0.0197. The number of nitrogens with one attached hydrogen (secondary N) is 2. The highest BCUT2D eigenvalue weighted by molar-refractivity contribution is 6.05. The van der Waals surface area contributed by atoms with Gasteiger partial charge < -0.3 is 10.6 Å². The summed E-state index contributed by atoms with van der Waals surface area (Å²) in [6.45, 7) is 2.06. The lowest BCUT2D eigenvalue weighted by atomic mass is 10.1. The Morgan fingerprint density at radius 2 is 1.81 bits per heavy atom. The molecular formula is C21H19N3O2. The van der Waals surface area contributed by atoms with E-state index in [-0.39, 0.29) is 17.7 Å². The number of amides is 2. The van der Waals surface area contributed by atoms with E-state index in [0.717, 1.165) is 17.3 Å². The standard InChI is InChI=1S/C21H19N3O2/c1-13-11-17(13)21(26)22-16-7-4-6-15(12-16)20(25)24-19-10-9-14-5-2-3-8-18(14)23-19/h2-10,12-13,17H,11H2,1H3,(H,22,26)(H,23,24,25). The van der Waals surface area contributed by atoms with Crippen LogP contribution in [0, 0.1) is 11.8 Å². The summed E-state index contributed by atoms with van der Waals surface area (Å²) in [6, 6.07) is 18.4. The molecule has 5 heteroatoms. The fourth-order valence-electron chi connectivity index (χ4n) is 2.98. The Bertz CT molecular complexity index is 999. The molecule has 1 aromatic heterocycles. The van der Waals surface area contributed by atoms with Crippen LogP contribution in [0.3, 0.4) is 0 Å². The molecule has 2 unspecified atom stereocenters. The number of carbonyl (C=O) groups excluding carboxylic acids is 2. The Morgan fingerprint density at radius 1 is 1.00 bits per heavy atom. The van der Waals surface area contributed by atoms with Crippen LogP contribution in [0.25, 0.3) is 10.9 Å². The predicted octanol–water partition coefficient (Wildman–Crippen LogP) is 4.08. The van der Waals surface area contributed by atoms with Crippen LogP contribution < -0.4 is 10.6 Å². The average Bonchev–Trinajstić information content (AvgIpc) is 3.39. The maximum atomic E-state index is 12.5. The van der Waals surface area contributed by atoms with Gasteiger partial charge in [-0.25, -0.2) is 4.98 Å². The maximum Gasteiger partial charge on any atom is 0.256 e. The highest BCUT2D eigenvalue weighted by atomic mass is 16.2. The number of pyridine rings is 1. The Hall–Kier alpha value is -3.21. The number of rotatable bonds is 4. The van der Waals surface area contributed by atoms with Crippen molar-refractivity contribution < 1.29 is 9.59 Å². The summed E-state index contributed by atoms with van der Waals surface area (Å²) in [4.78, 5) is 29.0. The molecule has 2 aromatic carbocycles. The molecule has 1 aliphatic carbocycles. The zero-order valence-corrected chi connectivity index (χ0v) is 14.4. The van der Waals surface area contributed by atoms with Crippen molar-refractivity contribution in [2.24, 2.45) is 11.8 Å². The quantitative estimate of drug-likeness (QED) is 0.748. The number of anilines is 2. The van der Waals surface area contributed by atoms with Crippen LogP contribution in [-0.2, 0) is 4.79 Å². The van der Waals surface area contributed by atoms with Gasteiger partial charge in [-0.2, -0.15) is 0 Å². The van der Waals surface area contributed by atoms with Gasteiger partial charge in [0.1, 0.15) is 5.82 Å². The Morgan fingerprint density at radius 3 is 2.62 bits per heavy atom. The fourth-order valence-corrected chi connectivity index (χ4v) is 2.98. The van der Waals surface area contributed by atoms with Gasteiger partial charge >= 0.3 is 0 Å². The second kappa shape index (κ2) is 6.59. The molecular weight excluding hydrogens is 326 g/mol. The number of para-hydroxylation sites is 1. The highest BCUT2D eigenvalue weighted by Gasteiger charge is 2.39. The van der Waals surface area contributed by atoms with Crippen molar-refractivity contribution in [3.63, 3.8) is 0 Å². The number of hydrogen-bond donors (Lipinski definition) is 2. The molecule has 1 aliphatic rings. The van der Waals surface area contributed by atoms with Crippen LogP contribution in [0.1, 0.15) is 23.7 Å². The van der Waals surface area contributed by atoms with Gasteiger partial charge in [-0.1, -0.05) is 31.2 Å². The molecule has 2 N–H and O–H groups in total. The Kier molecular flexibility index (Phi) is 4.13. The molecule has 2 amide bonds. The molecule has 3 aromatic rings. The first kappa shape index (κ1) is 16.3. The van der Waals surface area contributed by atoms with Gasteiger partial charge in [0.15, 0.2) is 0 Å². The lowest BCUT2D eigenvalue weighted by Gasteiger charge is -2.08. The molecule has 0 bridgehead atoms. The molecule has 1 fully saturated rings. The second-order valence-corrected chi connectivity index (χ2v) is 6.73. The molecule has 26 heavy (non-hydrogen) atoms. The molecule has 2 atom stereocenters. The molecule has 0 aliphatic heterocycles. The third kappa shape index (κ3) is 3.42. The number of nitrogens with zero attached hydrogens (tertiary/aromatic N) is 1. The molecule has 0 saturated heterocycles. The number of carbonyl (C=O) groups is 2. The van der Waals surface area contributed by atoms with Crippen molar-refractivity contribution in [2.45, 2.75) is 13.3 Å². The van der Waals surface area contributed by atoms with Gasteiger partial charge in [0.25, 0.3) is 5.91 Å². The van der Waals surface area contributed by atoms with Crippen molar-refractivity contribution >= 4 is 34.2 Å².